The molecular formula is C21H22FN3O6S. The number of ether oxygens (including phenoxy) is 2. The molecule has 0 radical (unpaired) electrons. The highest BCUT2D eigenvalue weighted by atomic mass is 32.2. The van der Waals surface area contributed by atoms with Gasteiger partial charge >= 0.3 is 5.76 Å². The summed E-state index contributed by atoms with van der Waals surface area (Å²) in [7, 11) is -4.22. The van der Waals surface area contributed by atoms with E-state index in [4.69, 9.17) is 13.9 Å². The number of sulfonamides is 1. The minimum atomic E-state index is -4.22. The van der Waals surface area contributed by atoms with E-state index in [1.54, 1.807) is 26.0 Å². The van der Waals surface area contributed by atoms with Crippen LogP contribution in [-0.4, -0.2) is 31.8 Å². The molecule has 1 aromatic heterocycles. The summed E-state index contributed by atoms with van der Waals surface area (Å²) in [5, 5.41) is 5.93. The van der Waals surface area contributed by atoms with E-state index >= 15 is 0 Å². The molecule has 2 atom stereocenters. The Labute approximate surface area is 183 Å². The molecule has 170 valence electrons. The second-order valence-electron chi connectivity index (χ2n) is 7.52. The summed E-state index contributed by atoms with van der Waals surface area (Å²) in [6.45, 7) is 5.70. The molecule has 1 aliphatic rings. The van der Waals surface area contributed by atoms with Crippen molar-refractivity contribution in [1.29, 1.82) is 0 Å². The van der Waals surface area contributed by atoms with Gasteiger partial charge in [-0.05, 0) is 48.7 Å². The van der Waals surface area contributed by atoms with Crippen molar-refractivity contribution in [2.75, 3.05) is 13.2 Å². The first-order valence-corrected chi connectivity index (χ1v) is 11.4. The van der Waals surface area contributed by atoms with Crippen LogP contribution in [0.25, 0.3) is 0 Å². The predicted molar refractivity (Wildman–Crippen MR) is 112 cm³/mol. The summed E-state index contributed by atoms with van der Waals surface area (Å²) in [4.78, 5) is 11.4. The van der Waals surface area contributed by atoms with Crippen LogP contribution in [0.4, 0.5) is 4.39 Å². The highest BCUT2D eigenvalue weighted by Crippen LogP contribution is 2.39. The van der Waals surface area contributed by atoms with Crippen molar-refractivity contribution in [2.45, 2.75) is 37.6 Å². The van der Waals surface area contributed by atoms with Crippen molar-refractivity contribution in [1.82, 2.24) is 14.9 Å². The average Bonchev–Trinajstić information content (AvgIpc) is 3.20. The van der Waals surface area contributed by atoms with E-state index in [2.05, 4.69) is 14.9 Å². The fourth-order valence-corrected chi connectivity index (χ4v) is 5.19. The smallest absolute Gasteiger partial charge is 0.434 e. The maximum atomic E-state index is 14.8. The standard InChI is InChI=1S/C21H22FN3O6S/c1-11-7-8-14(22)17(12(11)2)13(3)18(20-23-24-21(26)31-20)25-32(27,28)16-6-4-5-15-19(16)30-10-9-29-15/h4-8,13,18,25H,9-10H2,1-3H3,(H,24,26)/t13-,18+/m1/s1. The van der Waals surface area contributed by atoms with Crippen LogP contribution in [0.2, 0.25) is 0 Å². The summed E-state index contributed by atoms with van der Waals surface area (Å²) in [5.74, 6) is -1.96. The van der Waals surface area contributed by atoms with Crippen molar-refractivity contribution in [2.24, 2.45) is 0 Å². The van der Waals surface area contributed by atoms with Crippen molar-refractivity contribution >= 4 is 10.0 Å². The lowest BCUT2D eigenvalue weighted by Gasteiger charge is -2.26. The number of aromatic amines is 1. The maximum Gasteiger partial charge on any atom is 0.434 e. The molecule has 0 aliphatic carbocycles. The van der Waals surface area contributed by atoms with E-state index in [9.17, 15) is 17.6 Å². The lowest BCUT2D eigenvalue weighted by atomic mass is 9.88. The average molecular weight is 463 g/mol. The molecule has 32 heavy (non-hydrogen) atoms. The Morgan fingerprint density at radius 2 is 1.91 bits per heavy atom. The molecular weight excluding hydrogens is 441 g/mol. The molecule has 2 N–H and O–H groups in total. The van der Waals surface area contributed by atoms with Crippen molar-refractivity contribution in [3.8, 4) is 11.5 Å². The van der Waals surface area contributed by atoms with Crippen LogP contribution < -0.4 is 20.0 Å². The van der Waals surface area contributed by atoms with E-state index in [0.29, 0.717) is 17.9 Å². The zero-order chi connectivity index (χ0) is 23.0. The number of aromatic nitrogens is 2. The number of hydrogen-bond acceptors (Lipinski definition) is 7. The normalized spacial score (nSPS) is 15.4. The SMILES string of the molecule is Cc1ccc(F)c([C@@H](C)[C@H](NS(=O)(=O)c2cccc3c2OCCO3)c2n[nH]c(=O)o2)c1C. The first-order chi connectivity index (χ1) is 15.2. The molecule has 0 saturated carbocycles. The van der Waals surface area contributed by atoms with Gasteiger partial charge < -0.3 is 13.9 Å². The Hall–Kier alpha value is -3.18. The topological polar surface area (TPSA) is 124 Å². The molecule has 2 heterocycles. The fourth-order valence-electron chi connectivity index (χ4n) is 3.76. The summed E-state index contributed by atoms with van der Waals surface area (Å²) in [5.41, 5.74) is 1.78. The van der Waals surface area contributed by atoms with Gasteiger partial charge in [-0.25, -0.2) is 22.7 Å². The molecule has 11 heteroatoms. The third-order valence-electron chi connectivity index (χ3n) is 5.51. The predicted octanol–water partition coefficient (Wildman–Crippen LogP) is 2.71. The van der Waals surface area contributed by atoms with E-state index in [0.717, 1.165) is 5.56 Å². The summed E-state index contributed by atoms with van der Waals surface area (Å²) in [6, 6.07) is 6.28. The number of benzene rings is 2. The third kappa shape index (κ3) is 4.00. The highest BCUT2D eigenvalue weighted by molar-refractivity contribution is 7.89. The number of hydrogen-bond donors (Lipinski definition) is 2. The van der Waals surface area contributed by atoms with E-state index < -0.39 is 33.6 Å². The second kappa shape index (κ2) is 8.40. The van der Waals surface area contributed by atoms with Gasteiger partial charge in [-0.2, -0.15) is 4.72 Å². The molecule has 0 amide bonds. The van der Waals surface area contributed by atoms with Crippen LogP contribution in [-0.2, 0) is 10.0 Å². The number of halogens is 1. The minimum Gasteiger partial charge on any atom is -0.486 e. The molecule has 3 aromatic rings. The third-order valence-corrected chi connectivity index (χ3v) is 6.97. The van der Waals surface area contributed by atoms with Crippen LogP contribution in [0.1, 0.15) is 41.5 Å². The lowest BCUT2D eigenvalue weighted by molar-refractivity contribution is 0.167. The molecule has 0 saturated heterocycles. The van der Waals surface area contributed by atoms with Crippen molar-refractivity contribution < 1.29 is 26.7 Å². The number of H-pyrrole nitrogens is 1. The monoisotopic (exact) mass is 463 g/mol. The Morgan fingerprint density at radius 1 is 1.16 bits per heavy atom. The van der Waals surface area contributed by atoms with E-state index in [1.165, 1.54) is 18.2 Å². The molecule has 0 bridgehead atoms. The summed E-state index contributed by atoms with van der Waals surface area (Å²) in [6.07, 6.45) is 0. The van der Waals surface area contributed by atoms with Gasteiger partial charge in [0.2, 0.25) is 15.9 Å². The summed E-state index contributed by atoms with van der Waals surface area (Å²) >= 11 is 0. The van der Waals surface area contributed by atoms with Crippen molar-refractivity contribution in [3.63, 3.8) is 0 Å². The van der Waals surface area contributed by atoms with E-state index in [1.807, 2.05) is 6.92 Å². The molecule has 2 aromatic carbocycles. The first-order valence-electron chi connectivity index (χ1n) is 9.91. The number of para-hydroxylation sites is 1. The quantitative estimate of drug-likeness (QED) is 0.576. The molecule has 0 spiro atoms. The van der Waals surface area contributed by atoms with Gasteiger partial charge in [0, 0.05) is 5.92 Å². The molecule has 1 aliphatic heterocycles. The molecule has 9 nitrogen and oxygen atoms in total. The highest BCUT2D eigenvalue weighted by Gasteiger charge is 2.35. The first kappa shape index (κ1) is 22.0. The van der Waals surface area contributed by atoms with E-state index in [-0.39, 0.29) is 28.7 Å². The van der Waals surface area contributed by atoms with Gasteiger partial charge in [0.25, 0.3) is 0 Å². The summed E-state index contributed by atoms with van der Waals surface area (Å²) < 4.78 is 60.1. The number of aryl methyl sites for hydroxylation is 1. The minimum absolute atomic E-state index is 0.0825. The van der Waals surface area contributed by atoms with Crippen molar-refractivity contribution in [3.05, 3.63) is 69.3 Å². The van der Waals surface area contributed by atoms with Gasteiger partial charge in [-0.1, -0.05) is 19.1 Å². The largest absolute Gasteiger partial charge is 0.486 e. The molecule has 0 unspecified atom stereocenters. The van der Waals surface area contributed by atoms with Gasteiger partial charge in [0.05, 0.1) is 0 Å². The Bertz CT molecular complexity index is 1320. The number of nitrogens with one attached hydrogen (secondary N) is 2. The molecule has 4 rings (SSSR count). The van der Waals surface area contributed by atoms with Gasteiger partial charge in [-0.15, -0.1) is 5.10 Å². The van der Waals surface area contributed by atoms with Crippen LogP contribution in [0.15, 0.2) is 44.4 Å². The van der Waals surface area contributed by atoms with Gasteiger partial charge in [-0.3, -0.25) is 0 Å². The Kier molecular flexibility index (Phi) is 5.78. The van der Waals surface area contributed by atoms with Crippen LogP contribution in [0.3, 0.4) is 0 Å². The number of rotatable bonds is 6. The van der Waals surface area contributed by atoms with Gasteiger partial charge in [0.1, 0.15) is 30.0 Å². The van der Waals surface area contributed by atoms with Crippen LogP contribution >= 0.6 is 0 Å². The van der Waals surface area contributed by atoms with Crippen LogP contribution in [0, 0.1) is 19.7 Å². The Morgan fingerprint density at radius 3 is 2.62 bits per heavy atom. The zero-order valence-corrected chi connectivity index (χ0v) is 18.5. The molecule has 0 fully saturated rings. The number of nitrogens with zero attached hydrogens (tertiary/aromatic N) is 1. The van der Waals surface area contributed by atoms with Gasteiger partial charge in [0.15, 0.2) is 11.5 Å². The fraction of sp³-hybridized carbons (Fsp3) is 0.333. The number of fused-ring (bicyclic) bond motifs is 1. The lowest BCUT2D eigenvalue weighted by Crippen LogP contribution is -2.33. The Balaban J connectivity index is 1.80. The van der Waals surface area contributed by atoms with Crippen LogP contribution in [0.5, 0.6) is 11.5 Å². The zero-order valence-electron chi connectivity index (χ0n) is 17.6. The second-order valence-corrected chi connectivity index (χ2v) is 9.20. The maximum absolute atomic E-state index is 14.8.